The van der Waals surface area contributed by atoms with Crippen molar-refractivity contribution in [3.63, 3.8) is 0 Å². The number of allylic oxidation sites excluding steroid dienone is 3. The third kappa shape index (κ3) is 2.64. The Bertz CT molecular complexity index is 794. The zero-order valence-electron chi connectivity index (χ0n) is 13.5. The van der Waals surface area contributed by atoms with Crippen LogP contribution in [0.2, 0.25) is 5.02 Å². The summed E-state index contributed by atoms with van der Waals surface area (Å²) in [5.74, 6) is 0. The zero-order chi connectivity index (χ0) is 15.9. The Balaban J connectivity index is 2.08. The Morgan fingerprint density at radius 1 is 1.09 bits per heavy atom. The van der Waals surface area contributed by atoms with E-state index in [0.29, 0.717) is 0 Å². The molecule has 0 spiro atoms. The van der Waals surface area contributed by atoms with Crippen molar-refractivity contribution in [3.8, 4) is 0 Å². The molecule has 112 valence electrons. The molecule has 0 heterocycles. The summed E-state index contributed by atoms with van der Waals surface area (Å²) in [6, 6.07) is 10.9. The molecule has 0 atom stereocenters. The molecule has 1 aliphatic carbocycles. The van der Waals surface area contributed by atoms with Crippen LogP contribution in [0.3, 0.4) is 0 Å². The Kier molecular flexibility index (Phi) is 3.97. The molecule has 0 saturated carbocycles. The number of rotatable bonds is 2. The Morgan fingerprint density at radius 3 is 2.55 bits per heavy atom. The lowest BCUT2D eigenvalue weighted by Gasteiger charge is -2.22. The molecule has 0 unspecified atom stereocenters. The van der Waals surface area contributed by atoms with Crippen molar-refractivity contribution in [2.24, 2.45) is 0 Å². The van der Waals surface area contributed by atoms with Crippen LogP contribution in [-0.4, -0.2) is 0 Å². The van der Waals surface area contributed by atoms with Crippen LogP contribution in [0, 0.1) is 13.8 Å². The number of hydrogen-bond donors (Lipinski definition) is 0. The van der Waals surface area contributed by atoms with Gasteiger partial charge in [0, 0.05) is 11.4 Å². The van der Waals surface area contributed by atoms with E-state index in [0.717, 1.165) is 23.4 Å². The monoisotopic (exact) mass is 308 g/mol. The molecule has 0 N–H and O–H groups in total. The lowest BCUT2D eigenvalue weighted by atomic mass is 9.83. The molecule has 0 saturated heterocycles. The van der Waals surface area contributed by atoms with E-state index in [1.807, 2.05) is 0 Å². The van der Waals surface area contributed by atoms with Gasteiger partial charge in [-0.15, -0.1) is 0 Å². The number of fused-ring (bicyclic) bond motifs is 1. The zero-order valence-corrected chi connectivity index (χ0v) is 14.2. The topological polar surface area (TPSA) is 0 Å². The molecule has 0 fully saturated rings. The first-order valence-corrected chi connectivity index (χ1v) is 8.16. The largest absolute Gasteiger partial charge is 0.0911 e. The highest BCUT2D eigenvalue weighted by molar-refractivity contribution is 6.32. The van der Waals surface area contributed by atoms with Gasteiger partial charge in [0.05, 0.1) is 0 Å². The number of benzene rings is 2. The average Bonchev–Trinajstić information content (AvgIpc) is 2.47. The first kappa shape index (κ1) is 15.1. The van der Waals surface area contributed by atoms with E-state index < -0.39 is 0 Å². The fourth-order valence-corrected chi connectivity index (χ4v) is 3.55. The number of halogens is 1. The van der Waals surface area contributed by atoms with E-state index in [1.165, 1.54) is 39.0 Å². The van der Waals surface area contributed by atoms with Gasteiger partial charge in [-0.3, -0.25) is 0 Å². The SMILES string of the molecule is C=C1C=C(c2ccc(C)cc2C)Cc2c(Cl)cc(CC)cc21. The second-order valence-electron chi connectivity index (χ2n) is 6.15. The molecule has 22 heavy (non-hydrogen) atoms. The van der Waals surface area contributed by atoms with Gasteiger partial charge in [-0.2, -0.15) is 0 Å². The lowest BCUT2D eigenvalue weighted by Crippen LogP contribution is -2.05. The highest BCUT2D eigenvalue weighted by Gasteiger charge is 2.19. The summed E-state index contributed by atoms with van der Waals surface area (Å²) in [5.41, 5.74) is 9.96. The van der Waals surface area contributed by atoms with E-state index in [4.69, 9.17) is 11.6 Å². The first-order valence-electron chi connectivity index (χ1n) is 7.78. The van der Waals surface area contributed by atoms with Crippen molar-refractivity contribution in [1.82, 2.24) is 0 Å². The third-order valence-electron chi connectivity index (χ3n) is 4.45. The summed E-state index contributed by atoms with van der Waals surface area (Å²) in [7, 11) is 0. The molecule has 0 aromatic heterocycles. The predicted octanol–water partition coefficient (Wildman–Crippen LogP) is 6.17. The summed E-state index contributed by atoms with van der Waals surface area (Å²) in [6.45, 7) is 10.7. The van der Waals surface area contributed by atoms with Gasteiger partial charge in [0.25, 0.3) is 0 Å². The van der Waals surface area contributed by atoms with Crippen molar-refractivity contribution in [2.75, 3.05) is 0 Å². The van der Waals surface area contributed by atoms with E-state index in [1.54, 1.807) is 0 Å². The van der Waals surface area contributed by atoms with Crippen molar-refractivity contribution in [3.05, 3.63) is 81.4 Å². The highest BCUT2D eigenvalue weighted by Crippen LogP contribution is 2.38. The van der Waals surface area contributed by atoms with Crippen LogP contribution < -0.4 is 0 Å². The maximum atomic E-state index is 6.54. The van der Waals surface area contributed by atoms with Gasteiger partial charge < -0.3 is 0 Å². The lowest BCUT2D eigenvalue weighted by molar-refractivity contribution is 1.12. The van der Waals surface area contributed by atoms with Crippen LogP contribution >= 0.6 is 11.6 Å². The minimum Gasteiger partial charge on any atom is -0.0911 e. The molecule has 3 rings (SSSR count). The van der Waals surface area contributed by atoms with Crippen LogP contribution in [0.1, 0.15) is 40.3 Å². The molecular formula is C21H21Cl. The Morgan fingerprint density at radius 2 is 1.86 bits per heavy atom. The summed E-state index contributed by atoms with van der Waals surface area (Å²) in [4.78, 5) is 0. The van der Waals surface area contributed by atoms with Crippen LogP contribution in [0.5, 0.6) is 0 Å². The normalized spacial score (nSPS) is 13.8. The summed E-state index contributed by atoms with van der Waals surface area (Å²) in [6.07, 6.45) is 4.09. The summed E-state index contributed by atoms with van der Waals surface area (Å²) >= 11 is 6.54. The molecule has 2 aromatic rings. The van der Waals surface area contributed by atoms with Gasteiger partial charge in [0.1, 0.15) is 0 Å². The first-order chi connectivity index (χ1) is 10.5. The third-order valence-corrected chi connectivity index (χ3v) is 4.79. The van der Waals surface area contributed by atoms with E-state index in [2.05, 4.69) is 63.8 Å². The van der Waals surface area contributed by atoms with Crippen molar-refractivity contribution >= 4 is 22.7 Å². The van der Waals surface area contributed by atoms with E-state index in [9.17, 15) is 0 Å². The standard InChI is InChI=1S/C21H21Cl/c1-5-16-10-19-15(4)9-17(12-20(19)21(22)11-16)18-7-6-13(2)8-14(18)3/h6-11H,4-5,12H2,1-3H3. The minimum absolute atomic E-state index is 0.867. The van der Waals surface area contributed by atoms with E-state index >= 15 is 0 Å². The van der Waals surface area contributed by atoms with Crippen LogP contribution in [0.4, 0.5) is 0 Å². The molecule has 0 amide bonds. The fourth-order valence-electron chi connectivity index (χ4n) is 3.24. The van der Waals surface area contributed by atoms with Gasteiger partial charge in [0.15, 0.2) is 0 Å². The van der Waals surface area contributed by atoms with Gasteiger partial charge >= 0.3 is 0 Å². The van der Waals surface area contributed by atoms with Crippen molar-refractivity contribution < 1.29 is 0 Å². The van der Waals surface area contributed by atoms with Crippen molar-refractivity contribution in [1.29, 1.82) is 0 Å². The molecule has 1 heteroatoms. The molecular weight excluding hydrogens is 288 g/mol. The molecule has 0 aliphatic heterocycles. The van der Waals surface area contributed by atoms with Gasteiger partial charge in [-0.1, -0.05) is 61.0 Å². The van der Waals surface area contributed by atoms with Gasteiger partial charge in [-0.25, -0.2) is 0 Å². The van der Waals surface area contributed by atoms with E-state index in [-0.39, 0.29) is 0 Å². The molecule has 0 radical (unpaired) electrons. The van der Waals surface area contributed by atoms with Gasteiger partial charge in [-0.05, 0) is 65.3 Å². The Labute approximate surface area is 138 Å². The molecule has 1 aliphatic rings. The molecule has 0 nitrogen and oxygen atoms in total. The maximum Gasteiger partial charge on any atom is 0.0450 e. The van der Waals surface area contributed by atoms with Crippen molar-refractivity contribution in [2.45, 2.75) is 33.6 Å². The predicted molar refractivity (Wildman–Crippen MR) is 97.5 cm³/mol. The quantitative estimate of drug-likeness (QED) is 0.622. The molecule has 2 aromatic carbocycles. The van der Waals surface area contributed by atoms with Crippen LogP contribution in [-0.2, 0) is 12.8 Å². The maximum absolute atomic E-state index is 6.54. The summed E-state index contributed by atoms with van der Waals surface area (Å²) in [5, 5.41) is 0.867. The summed E-state index contributed by atoms with van der Waals surface area (Å²) < 4.78 is 0. The van der Waals surface area contributed by atoms with Crippen LogP contribution in [0.25, 0.3) is 11.1 Å². The average molecular weight is 309 g/mol. The second kappa shape index (κ2) is 5.78. The van der Waals surface area contributed by atoms with Gasteiger partial charge in [0.2, 0.25) is 0 Å². The minimum atomic E-state index is 0.867. The highest BCUT2D eigenvalue weighted by atomic mass is 35.5. The Hall–Kier alpha value is -1.79. The number of hydrogen-bond acceptors (Lipinski definition) is 0. The van der Waals surface area contributed by atoms with Crippen LogP contribution in [0.15, 0.2) is 43.0 Å². The second-order valence-corrected chi connectivity index (χ2v) is 6.55. The smallest absolute Gasteiger partial charge is 0.0450 e. The number of aryl methyl sites for hydroxylation is 3. The molecule has 0 bridgehead atoms. The fraction of sp³-hybridized carbons (Fsp3) is 0.238.